The molecule has 4 heterocycles. The van der Waals surface area contributed by atoms with Crippen LogP contribution in [0.2, 0.25) is 0 Å². The summed E-state index contributed by atoms with van der Waals surface area (Å²) >= 11 is 0. The second kappa shape index (κ2) is 14.1. The van der Waals surface area contributed by atoms with Crippen molar-refractivity contribution < 1.29 is 24.2 Å². The van der Waals surface area contributed by atoms with Crippen LogP contribution in [0.1, 0.15) is 56.7 Å². The van der Waals surface area contributed by atoms with Crippen molar-refractivity contribution in [3.8, 4) is 5.75 Å². The maximum atomic E-state index is 13.3. The number of pyridine rings is 1. The molecule has 0 saturated carbocycles. The summed E-state index contributed by atoms with van der Waals surface area (Å²) in [6.45, 7) is 5.22. The van der Waals surface area contributed by atoms with Crippen molar-refractivity contribution >= 4 is 51.8 Å². The van der Waals surface area contributed by atoms with Gasteiger partial charge in [-0.25, -0.2) is 15.0 Å². The Morgan fingerprint density at radius 2 is 1.66 bits per heavy atom. The number of aryl methyl sites for hydroxylation is 2. The quantitative estimate of drug-likeness (QED) is 0.0826. The Kier molecular flexibility index (Phi) is 9.80. The molecule has 0 fully saturated rings. The van der Waals surface area contributed by atoms with Gasteiger partial charge in [-0.1, -0.05) is 12.2 Å². The zero-order valence-corrected chi connectivity index (χ0v) is 26.4. The first-order valence-corrected chi connectivity index (χ1v) is 15.1. The second-order valence-corrected chi connectivity index (χ2v) is 10.7. The Bertz CT molecular complexity index is 1990. The molecule has 5 aromatic rings. The fourth-order valence-electron chi connectivity index (χ4n) is 5.16. The monoisotopic (exact) mass is 643 g/mol. The van der Waals surface area contributed by atoms with E-state index in [9.17, 15) is 14.4 Å². The first-order chi connectivity index (χ1) is 22.6. The van der Waals surface area contributed by atoms with Gasteiger partial charge in [0.15, 0.2) is 5.65 Å². The number of anilines is 2. The minimum Gasteiger partial charge on any atom is -0.491 e. The van der Waals surface area contributed by atoms with Crippen LogP contribution in [0.4, 0.5) is 11.9 Å². The van der Waals surface area contributed by atoms with Crippen molar-refractivity contribution in [1.29, 1.82) is 0 Å². The number of hydrogen-bond donors (Lipinski definition) is 5. The number of aliphatic hydroxyl groups is 1. The fraction of sp³-hybridized carbons (Fsp3) is 0.323. The molecular weight excluding hydrogens is 606 g/mol. The van der Waals surface area contributed by atoms with Gasteiger partial charge in [0, 0.05) is 45.0 Å². The molecular formula is C31H37N11O5. The predicted octanol–water partition coefficient (Wildman–Crippen LogP) is 2.21. The number of fused-ring (bicyclic) bond motifs is 2. The third-order valence-corrected chi connectivity index (χ3v) is 7.40. The van der Waals surface area contributed by atoms with Crippen LogP contribution in [0.25, 0.3) is 22.2 Å². The highest BCUT2D eigenvalue weighted by Crippen LogP contribution is 2.31. The molecule has 7 N–H and O–H groups in total. The predicted molar refractivity (Wildman–Crippen MR) is 175 cm³/mol. The molecule has 246 valence electrons. The van der Waals surface area contributed by atoms with E-state index < -0.39 is 17.7 Å². The summed E-state index contributed by atoms with van der Waals surface area (Å²) in [5.74, 6) is -0.433. The van der Waals surface area contributed by atoms with Crippen LogP contribution in [0.5, 0.6) is 5.75 Å². The molecule has 0 atom stereocenters. The number of nitrogens with one attached hydrogen (secondary N) is 2. The van der Waals surface area contributed by atoms with E-state index in [-0.39, 0.29) is 30.2 Å². The van der Waals surface area contributed by atoms with Gasteiger partial charge in [-0.15, -0.1) is 0 Å². The van der Waals surface area contributed by atoms with Crippen LogP contribution >= 0.6 is 0 Å². The number of rotatable bonds is 15. The first-order valence-electron chi connectivity index (χ1n) is 15.1. The lowest BCUT2D eigenvalue weighted by molar-refractivity contribution is 0.0991. The van der Waals surface area contributed by atoms with Crippen molar-refractivity contribution in [2.75, 3.05) is 30.9 Å². The highest BCUT2D eigenvalue weighted by molar-refractivity contribution is 6.03. The van der Waals surface area contributed by atoms with Gasteiger partial charge in [0.1, 0.15) is 22.5 Å². The number of carbonyl (C=O) groups is 3. The van der Waals surface area contributed by atoms with E-state index in [2.05, 4.69) is 30.7 Å². The van der Waals surface area contributed by atoms with Crippen LogP contribution in [-0.4, -0.2) is 77.0 Å². The van der Waals surface area contributed by atoms with E-state index in [1.54, 1.807) is 34.5 Å². The maximum Gasteiger partial charge on any atom is 0.276 e. The molecule has 0 aliphatic carbocycles. The molecule has 0 aliphatic heterocycles. The largest absolute Gasteiger partial charge is 0.491 e. The number of amides is 3. The number of nitrogens with zero attached hydrogens (tertiary/aromatic N) is 7. The average molecular weight is 644 g/mol. The zero-order valence-electron chi connectivity index (χ0n) is 26.4. The van der Waals surface area contributed by atoms with Gasteiger partial charge in [0.05, 0.1) is 23.4 Å². The molecule has 4 aromatic heterocycles. The van der Waals surface area contributed by atoms with E-state index in [4.69, 9.17) is 21.3 Å². The molecule has 0 spiro atoms. The minimum atomic E-state index is -0.644. The summed E-state index contributed by atoms with van der Waals surface area (Å²) < 4.78 is 11.2. The topological polar surface area (TPSA) is 223 Å². The van der Waals surface area contributed by atoms with Crippen LogP contribution in [0.15, 0.2) is 42.6 Å². The molecule has 0 radical (unpaired) electrons. The molecule has 47 heavy (non-hydrogen) atoms. The van der Waals surface area contributed by atoms with Gasteiger partial charge in [0.2, 0.25) is 23.7 Å². The summed E-state index contributed by atoms with van der Waals surface area (Å²) in [6.07, 6.45) is 6.36. The molecule has 0 bridgehead atoms. The molecule has 1 aromatic carbocycles. The highest BCUT2D eigenvalue weighted by atomic mass is 16.5. The molecule has 0 unspecified atom stereocenters. The van der Waals surface area contributed by atoms with Crippen molar-refractivity contribution in [3.05, 3.63) is 65.1 Å². The number of unbranched alkanes of at least 4 members (excludes halogenated alkanes) is 1. The van der Waals surface area contributed by atoms with E-state index >= 15 is 0 Å². The molecule has 3 amide bonds. The normalized spacial score (nSPS) is 11.5. The second-order valence-electron chi connectivity index (χ2n) is 10.7. The van der Waals surface area contributed by atoms with Crippen molar-refractivity contribution in [3.63, 3.8) is 0 Å². The van der Waals surface area contributed by atoms with Gasteiger partial charge in [-0.05, 0) is 51.0 Å². The van der Waals surface area contributed by atoms with Crippen LogP contribution in [-0.2, 0) is 19.6 Å². The SMILES string of the molecule is CCn1nc(C)cc1C(=O)Nc1nc2cc(C(N)=O)cnc2n1C/C=C/Cn1c(NC)nc2cc(C(N)=O)cc(OCCCCO)c21. The number of aliphatic hydroxyl groups excluding tert-OH is 1. The first kappa shape index (κ1) is 32.6. The zero-order chi connectivity index (χ0) is 33.7. The number of imidazole rings is 2. The number of nitrogens with two attached hydrogens (primary N) is 2. The fourth-order valence-corrected chi connectivity index (χ4v) is 5.16. The van der Waals surface area contributed by atoms with E-state index in [0.717, 1.165) is 0 Å². The number of allylic oxidation sites excluding steroid dienone is 2. The maximum absolute atomic E-state index is 13.3. The highest BCUT2D eigenvalue weighted by Gasteiger charge is 2.20. The third-order valence-electron chi connectivity index (χ3n) is 7.40. The molecule has 0 aliphatic rings. The van der Waals surface area contributed by atoms with Crippen LogP contribution in [0, 0.1) is 6.92 Å². The summed E-state index contributed by atoms with van der Waals surface area (Å²) in [7, 11) is 1.74. The number of aromatic nitrogens is 7. The lowest BCUT2D eigenvalue weighted by Crippen LogP contribution is -2.20. The minimum absolute atomic E-state index is 0.0509. The molecule has 16 heteroatoms. The van der Waals surface area contributed by atoms with Gasteiger partial charge in [-0.2, -0.15) is 5.10 Å². The summed E-state index contributed by atoms with van der Waals surface area (Å²) in [5, 5.41) is 19.5. The molecule has 0 saturated heterocycles. The Hall–Kier alpha value is -5.77. The van der Waals surface area contributed by atoms with Crippen molar-refractivity contribution in [2.24, 2.45) is 11.5 Å². The molecule has 16 nitrogen and oxygen atoms in total. The van der Waals surface area contributed by atoms with Gasteiger partial charge < -0.3 is 31.2 Å². The smallest absolute Gasteiger partial charge is 0.276 e. The number of benzene rings is 1. The van der Waals surface area contributed by atoms with Gasteiger partial charge in [-0.3, -0.25) is 28.9 Å². The summed E-state index contributed by atoms with van der Waals surface area (Å²) in [6, 6.07) is 6.43. The Morgan fingerprint density at radius 3 is 2.34 bits per heavy atom. The lowest BCUT2D eigenvalue weighted by atomic mass is 10.1. The van der Waals surface area contributed by atoms with Gasteiger partial charge >= 0.3 is 0 Å². The molecule has 5 rings (SSSR count). The van der Waals surface area contributed by atoms with Crippen molar-refractivity contribution in [1.82, 2.24) is 33.9 Å². The van der Waals surface area contributed by atoms with Crippen LogP contribution in [0.3, 0.4) is 0 Å². The summed E-state index contributed by atoms with van der Waals surface area (Å²) in [5.41, 5.74) is 14.6. The average Bonchev–Trinajstić information content (AvgIpc) is 3.72. The number of carbonyl (C=O) groups excluding carboxylic acids is 3. The van der Waals surface area contributed by atoms with E-state index in [1.165, 1.54) is 12.3 Å². The van der Waals surface area contributed by atoms with Gasteiger partial charge in [0.25, 0.3) is 5.91 Å². The number of ether oxygens (including phenoxy) is 1. The van der Waals surface area contributed by atoms with E-state index in [1.807, 2.05) is 30.6 Å². The van der Waals surface area contributed by atoms with Crippen LogP contribution < -0.4 is 26.8 Å². The lowest BCUT2D eigenvalue weighted by Gasteiger charge is -2.12. The summed E-state index contributed by atoms with van der Waals surface area (Å²) in [4.78, 5) is 50.7. The Labute approximate surface area is 269 Å². The van der Waals surface area contributed by atoms with E-state index in [0.29, 0.717) is 77.8 Å². The number of primary amides is 2. The van der Waals surface area contributed by atoms with Crippen molar-refractivity contribution in [2.45, 2.75) is 46.3 Å². The third kappa shape index (κ3) is 6.91. The Morgan fingerprint density at radius 1 is 0.957 bits per heavy atom. The standard InChI is InChI=1S/C31H37N11O5/c1-4-42-23(13-18(2)39-42)29(46)38-31-37-22-15-20(27(33)45)17-35-28(22)41(31)10-6-5-9-40-25-21(36-30(40)34-3)14-19(26(32)44)16-24(25)47-12-8-7-11-43/h5-6,13-17,43H,4,7-12H2,1-3H3,(H2,32,44)(H2,33,45)(H,34,36)(H,37,38,46)/b6-5+. The Balaban J connectivity index is 1.46. The number of hydrogen-bond acceptors (Lipinski definition) is 10.